The first-order valence-electron chi connectivity index (χ1n) is 48.0. The van der Waals surface area contributed by atoms with Gasteiger partial charge in [-0.3, -0.25) is 24.0 Å². The van der Waals surface area contributed by atoms with Gasteiger partial charge in [-0.05, 0) is 202 Å². The second-order valence-electron chi connectivity index (χ2n) is 37.3. The van der Waals surface area contributed by atoms with Crippen molar-refractivity contribution in [1.29, 1.82) is 0 Å². The summed E-state index contributed by atoms with van der Waals surface area (Å²) in [5, 5.41) is 69.2. The monoisotopic (exact) mass is 2080 g/mol. The van der Waals surface area contributed by atoms with E-state index in [4.69, 9.17) is 39.8 Å². The van der Waals surface area contributed by atoms with Gasteiger partial charge in [0.2, 0.25) is 29.5 Å². The van der Waals surface area contributed by atoms with Gasteiger partial charge in [-0.1, -0.05) is 85.9 Å². The third-order valence-corrected chi connectivity index (χ3v) is 26.1. The lowest BCUT2D eigenvalue weighted by Gasteiger charge is -2.12. The van der Waals surface area contributed by atoms with Crippen LogP contribution in [0.5, 0.6) is 0 Å². The SMILES string of the molecule is C=C1NC(=O)C/C1=C\c1cnn2c(NC3CC3)cc(Nc3cc(F)cc(Cl)c3)nc12.C=C1NC(=O)C/C1=C\c1cnn2c(NC3CC3)cc(Nc3cc(F)ccc3F)nc12.C=C1NC(=O)C/C1=C\c1cnn2c(NC3CC3)cc(Nc3ccc(C)c(Cl)c3)nc12.C=C1NC(=O)C/C1=C\c1cnn2c(NC3CC3)cc(Nc3cccc(F)c3Cl)nc12.C=C1NC(=O)C/C1=C\c1cnn2c(NC3CC3)cc(Nc3cccc(F)c3F)nc12. The summed E-state index contributed by atoms with van der Waals surface area (Å²) in [5.41, 5.74) is 16.2. The van der Waals surface area contributed by atoms with E-state index in [9.17, 15) is 50.3 Å². The minimum absolute atomic E-state index is 0.00133. The van der Waals surface area contributed by atoms with Crippen molar-refractivity contribution < 1.29 is 50.3 Å². The number of hydrogen-bond acceptors (Lipinski definition) is 25. The molecule has 10 fully saturated rings. The molecule has 0 atom stereocenters. The Morgan fingerprint density at radius 1 is 0.327 bits per heavy atom. The first kappa shape index (κ1) is 98.4. The number of halogens is 9. The van der Waals surface area contributed by atoms with Gasteiger partial charge in [0.05, 0.1) is 85.2 Å². The molecule has 0 spiro atoms. The number of allylic oxidation sites excluding steroid dienone is 5. The van der Waals surface area contributed by atoms with Gasteiger partial charge in [0.15, 0.2) is 39.9 Å². The summed E-state index contributed by atoms with van der Waals surface area (Å²) >= 11 is 18.3. The number of benzene rings is 5. The van der Waals surface area contributed by atoms with E-state index >= 15 is 0 Å². The summed E-state index contributed by atoms with van der Waals surface area (Å²) in [7, 11) is 0. The Morgan fingerprint density at radius 3 is 0.960 bits per heavy atom. The molecule has 760 valence electrons. The maximum absolute atomic E-state index is 14.1. The van der Waals surface area contributed by atoms with Gasteiger partial charge in [0.25, 0.3) is 0 Å². The first-order chi connectivity index (χ1) is 72.3. The number of nitrogens with zero attached hydrogens (tertiary/aromatic N) is 15. The fourth-order valence-corrected chi connectivity index (χ4v) is 17.3. The third kappa shape index (κ3) is 23.0. The van der Waals surface area contributed by atoms with Crippen molar-refractivity contribution in [2.45, 2.75) is 133 Å². The van der Waals surface area contributed by atoms with Crippen molar-refractivity contribution in [3.8, 4) is 0 Å². The molecule has 0 bridgehead atoms. The van der Waals surface area contributed by atoms with Crippen LogP contribution in [0.25, 0.3) is 58.6 Å². The van der Waals surface area contributed by atoms with Crippen LogP contribution in [0.3, 0.4) is 0 Å². The molecule has 10 aliphatic rings. The average molecular weight is 2090 g/mol. The molecule has 5 amide bonds. The van der Waals surface area contributed by atoms with Crippen molar-refractivity contribution in [1.82, 2.24) is 99.6 Å². The van der Waals surface area contributed by atoms with Gasteiger partial charge in [0.1, 0.15) is 81.4 Å². The number of nitrogens with one attached hydrogen (secondary N) is 15. The van der Waals surface area contributed by atoms with Crippen LogP contribution in [0.4, 0.5) is 113 Å². The van der Waals surface area contributed by atoms with E-state index in [0.29, 0.717) is 167 Å². The van der Waals surface area contributed by atoms with Crippen molar-refractivity contribution in [2.75, 3.05) is 53.2 Å². The summed E-state index contributed by atoms with van der Waals surface area (Å²) < 4.78 is 91.5. The van der Waals surface area contributed by atoms with Gasteiger partial charge in [-0.15, -0.1) is 0 Å². The standard InChI is InChI=1S/C22H21ClN6O.2C21H18ClFN6O.2C21H18F2N6O/c1-12-3-4-17(9-18(12)23)26-19-10-20(27-16-5-6-16)29-22(28-19)15(11-24-29)7-14-8-21(30)25-13(14)2;1-11-12(5-20(30)25-11)4-13-10-24-29-19(27-16-2-3-16)9-18(28-21(13)29)26-17-7-14(22)6-15(23)8-17;1-11-12(8-19(30)25-11)7-13-10-24-29-18(26-14-5-6-14)9-17(28-21(13)29)27-16-4-2-3-15(23)20(16)22;1-11-12(7-20(30)25-11)6-13-10-24-29-19(26-15-3-4-15)9-18(28-21(13)29)27-17-8-14(22)2-5-16(17)23;1-11-12(8-19(30)25-11)7-13-10-24-29-18(26-14-5-6-14)9-17(28-21(13)29)27-16-4-2-3-15(22)20(16)23/h3-4,7,9-11,16,27H,2,5-6,8H2,1H3,(H,25,30)(H,26,28);4,6-10,16,27H,1-3,5H2,(H,25,30)(H,26,28);2-4,7,9-10,14,26H,1,5-6,8H2,(H,25,30)(H,27,28);2,5-6,8-10,15,26H,1,3-4,7H2,(H,25,30)(H,27,28);2-4,7,9-10,14,26H,1,5-6,8H2,(H,25,30)(H,27,28)/b14-7+;12-4+;12-7+;12-6+;12-7+. The number of anilines is 15. The zero-order valence-electron chi connectivity index (χ0n) is 80.0. The number of carbonyl (C=O) groups excluding carboxylic acids is 5. The lowest BCUT2D eigenvalue weighted by atomic mass is 10.1. The molecule has 5 aromatic carbocycles. The molecular formula is C106H93Cl3F6N30O5. The molecule has 150 heavy (non-hydrogen) atoms. The Kier molecular flexibility index (Phi) is 27.1. The third-order valence-electron chi connectivity index (χ3n) is 25.1. The predicted octanol–water partition coefficient (Wildman–Crippen LogP) is 20.4. The van der Waals surface area contributed by atoms with E-state index in [1.807, 2.05) is 73.7 Å². The van der Waals surface area contributed by atoms with Crippen LogP contribution in [0, 0.1) is 41.8 Å². The van der Waals surface area contributed by atoms with E-state index in [1.54, 1.807) is 83.9 Å². The van der Waals surface area contributed by atoms with Crippen molar-refractivity contribution in [2.24, 2.45) is 0 Å². The molecule has 0 radical (unpaired) electrons. The fourth-order valence-electron chi connectivity index (χ4n) is 16.7. The number of aryl methyl sites for hydroxylation is 1. The molecule has 5 saturated carbocycles. The molecular weight excluding hydrogens is 1990 g/mol. The molecule has 44 heteroatoms. The molecule has 5 saturated heterocycles. The Balaban J connectivity index is 0.000000109. The van der Waals surface area contributed by atoms with Crippen LogP contribution >= 0.6 is 34.8 Å². The summed E-state index contributed by atoms with van der Waals surface area (Å²) in [4.78, 5) is 81.4. The van der Waals surface area contributed by atoms with Crippen LogP contribution in [0.2, 0.25) is 15.1 Å². The number of amides is 5. The average Bonchev–Trinajstić information content (AvgIpc) is 1.65. The second kappa shape index (κ2) is 41.4. The highest BCUT2D eigenvalue weighted by atomic mass is 35.5. The Hall–Kier alpha value is -17.6. The quantitative estimate of drug-likeness (QED) is 0.0236. The number of aromatic nitrogens is 15. The predicted molar refractivity (Wildman–Crippen MR) is 566 cm³/mol. The second-order valence-corrected chi connectivity index (χ2v) is 38.6. The van der Waals surface area contributed by atoms with Gasteiger partial charge in [-0.2, -0.15) is 48.1 Å². The Morgan fingerprint density at radius 2 is 0.640 bits per heavy atom. The van der Waals surface area contributed by atoms with Crippen molar-refractivity contribution in [3.05, 3.63) is 325 Å². The highest BCUT2D eigenvalue weighted by Crippen LogP contribution is 2.40. The summed E-state index contributed by atoms with van der Waals surface area (Å²) in [6.45, 7) is 21.4. The maximum Gasteiger partial charge on any atom is 0.228 e. The van der Waals surface area contributed by atoms with Gasteiger partial charge in [0, 0.05) is 144 Å². The number of fused-ring (bicyclic) bond motifs is 5. The molecule has 0 unspecified atom stereocenters. The van der Waals surface area contributed by atoms with Crippen molar-refractivity contribution >= 4 is 210 Å². The van der Waals surface area contributed by atoms with Gasteiger partial charge >= 0.3 is 0 Å². The Labute approximate surface area is 865 Å². The number of carbonyl (C=O) groups is 5. The molecule has 15 aromatic rings. The van der Waals surface area contributed by atoms with E-state index in [0.717, 1.165) is 162 Å². The van der Waals surface area contributed by atoms with Gasteiger partial charge < -0.3 is 79.8 Å². The highest BCUT2D eigenvalue weighted by molar-refractivity contribution is 6.33. The van der Waals surface area contributed by atoms with Crippen LogP contribution in [0.1, 0.15) is 130 Å². The van der Waals surface area contributed by atoms with Crippen LogP contribution in [-0.4, -0.2) is 133 Å². The first-order valence-corrected chi connectivity index (χ1v) is 49.1. The number of hydrogen-bond donors (Lipinski definition) is 15. The summed E-state index contributed by atoms with van der Waals surface area (Å²) in [6.07, 6.45) is 29.9. The topological polar surface area (TPSA) is 417 Å². The zero-order chi connectivity index (χ0) is 104. The number of rotatable bonds is 25. The summed E-state index contributed by atoms with van der Waals surface area (Å²) in [5.74, 6) is 1.72. The maximum atomic E-state index is 14.1. The zero-order valence-corrected chi connectivity index (χ0v) is 82.3. The van der Waals surface area contributed by atoms with Gasteiger partial charge in [-0.25, -0.2) is 51.3 Å². The minimum atomic E-state index is -0.974. The van der Waals surface area contributed by atoms with Crippen LogP contribution in [0.15, 0.2) is 242 Å². The molecule has 35 nitrogen and oxygen atoms in total. The Bertz CT molecular complexity index is 7960. The molecule has 10 aromatic heterocycles. The highest BCUT2D eigenvalue weighted by Gasteiger charge is 2.33. The normalized spacial score (nSPS) is 17.6. The van der Waals surface area contributed by atoms with E-state index < -0.39 is 34.9 Å². The molecule has 15 heterocycles. The summed E-state index contributed by atoms with van der Waals surface area (Å²) in [6, 6.07) is 32.7. The molecule has 5 aliphatic carbocycles. The van der Waals surface area contributed by atoms with E-state index in [-0.39, 0.29) is 71.6 Å². The largest absolute Gasteiger partial charge is 0.367 e. The van der Waals surface area contributed by atoms with E-state index in [2.05, 4.69) is 158 Å². The smallest absolute Gasteiger partial charge is 0.228 e. The molecule has 15 N–H and O–H groups in total. The lowest BCUT2D eigenvalue weighted by molar-refractivity contribution is -0.119. The lowest BCUT2D eigenvalue weighted by Crippen LogP contribution is -2.10. The molecule has 5 aliphatic heterocycles. The van der Waals surface area contributed by atoms with Crippen LogP contribution in [-0.2, 0) is 24.0 Å². The van der Waals surface area contributed by atoms with Crippen molar-refractivity contribution in [3.63, 3.8) is 0 Å². The molecule has 25 rings (SSSR count). The minimum Gasteiger partial charge on any atom is -0.367 e. The van der Waals surface area contributed by atoms with E-state index in [1.165, 1.54) is 30.3 Å². The fraction of sp³-hybridized carbons (Fsp3) is 0.198. The van der Waals surface area contributed by atoms with Crippen LogP contribution < -0.4 is 79.8 Å².